The van der Waals surface area contributed by atoms with Gasteiger partial charge in [0.1, 0.15) is 0 Å². The summed E-state index contributed by atoms with van der Waals surface area (Å²) in [6.07, 6.45) is 0. The Bertz CT molecular complexity index is 2970. The second-order valence-electron chi connectivity index (χ2n) is 13.1. The number of aromatic nitrogens is 1. The number of rotatable bonds is 3. The fourth-order valence-electron chi connectivity index (χ4n) is 7.80. The van der Waals surface area contributed by atoms with Gasteiger partial charge in [0.15, 0.2) is 11.5 Å². The van der Waals surface area contributed by atoms with Gasteiger partial charge in [-0.25, -0.2) is 4.98 Å². The molecule has 51 heavy (non-hydrogen) atoms. The third-order valence-corrected chi connectivity index (χ3v) is 11.4. The highest BCUT2D eigenvalue weighted by molar-refractivity contribution is 7.26. The summed E-state index contributed by atoms with van der Waals surface area (Å²) in [5.74, 6) is 1.69. The Balaban J connectivity index is 1.14. The van der Waals surface area contributed by atoms with Gasteiger partial charge in [0.25, 0.3) is 0 Å². The SMILES string of the molecule is c1ccc2c(c1)Oc1ccccc1N2c1ccc(-c2cc3c(ccc4sc5c6ccccc6ccc5c43)c(-c3ccc4ccccc4c3)n2)cc1. The highest BCUT2D eigenvalue weighted by atomic mass is 32.1. The van der Waals surface area contributed by atoms with E-state index >= 15 is 0 Å². The zero-order valence-corrected chi connectivity index (χ0v) is 28.2. The van der Waals surface area contributed by atoms with Crippen molar-refractivity contribution in [3.05, 3.63) is 170 Å². The topological polar surface area (TPSA) is 25.4 Å². The predicted molar refractivity (Wildman–Crippen MR) is 215 cm³/mol. The summed E-state index contributed by atoms with van der Waals surface area (Å²) < 4.78 is 8.89. The van der Waals surface area contributed by atoms with E-state index < -0.39 is 0 Å². The van der Waals surface area contributed by atoms with Crippen LogP contribution < -0.4 is 9.64 Å². The van der Waals surface area contributed by atoms with Crippen LogP contribution >= 0.6 is 11.3 Å². The summed E-state index contributed by atoms with van der Waals surface area (Å²) in [5.41, 5.74) is 7.23. The zero-order chi connectivity index (χ0) is 33.5. The lowest BCUT2D eigenvalue weighted by Gasteiger charge is -2.32. The zero-order valence-electron chi connectivity index (χ0n) is 27.4. The Morgan fingerprint density at radius 1 is 0.471 bits per heavy atom. The molecule has 3 nitrogen and oxygen atoms in total. The van der Waals surface area contributed by atoms with E-state index in [1.807, 2.05) is 35.6 Å². The van der Waals surface area contributed by atoms with Gasteiger partial charge in [-0.3, -0.25) is 0 Å². The summed E-state index contributed by atoms with van der Waals surface area (Å²) >= 11 is 1.88. The van der Waals surface area contributed by atoms with Gasteiger partial charge in [0.05, 0.1) is 22.8 Å². The molecule has 1 aliphatic heterocycles. The molecule has 0 saturated carbocycles. The lowest BCUT2D eigenvalue weighted by molar-refractivity contribution is 0.477. The lowest BCUT2D eigenvalue weighted by atomic mass is 9.96. The highest BCUT2D eigenvalue weighted by Gasteiger charge is 2.25. The van der Waals surface area contributed by atoms with Crippen LogP contribution in [0, 0.1) is 0 Å². The molecule has 0 fully saturated rings. The van der Waals surface area contributed by atoms with Crippen LogP contribution in [-0.4, -0.2) is 4.98 Å². The molecule has 11 rings (SSSR count). The molecule has 10 aromatic rings. The standard InChI is InChI=1S/C47H28N2OS/c1-2-11-32-27-33(18-17-29(32)9-1)46-36-25-26-44-45(37-24-21-30-10-3-4-12-35(30)47(37)51-44)38(36)28-39(48-46)31-19-22-34(23-20-31)49-40-13-5-7-15-42(40)50-43-16-8-6-14-41(43)49/h1-28H. The first-order chi connectivity index (χ1) is 25.3. The quantitative estimate of drug-likeness (QED) is 0.187. The number of para-hydroxylation sites is 4. The maximum absolute atomic E-state index is 6.28. The molecule has 0 radical (unpaired) electrons. The lowest BCUT2D eigenvalue weighted by Crippen LogP contribution is -2.15. The first-order valence-corrected chi connectivity index (χ1v) is 18.0. The average molecular weight is 669 g/mol. The van der Waals surface area contributed by atoms with Crippen molar-refractivity contribution in [1.29, 1.82) is 0 Å². The highest BCUT2D eigenvalue weighted by Crippen LogP contribution is 2.50. The Morgan fingerprint density at radius 3 is 1.92 bits per heavy atom. The van der Waals surface area contributed by atoms with Crippen molar-refractivity contribution in [2.24, 2.45) is 0 Å². The molecule has 8 aromatic carbocycles. The summed E-state index contributed by atoms with van der Waals surface area (Å²) in [7, 11) is 0. The summed E-state index contributed by atoms with van der Waals surface area (Å²) in [5, 5.41) is 9.97. The van der Waals surface area contributed by atoms with E-state index in [-0.39, 0.29) is 0 Å². The van der Waals surface area contributed by atoms with Crippen molar-refractivity contribution < 1.29 is 4.74 Å². The molecule has 0 aliphatic carbocycles. The van der Waals surface area contributed by atoms with E-state index in [9.17, 15) is 0 Å². The van der Waals surface area contributed by atoms with Crippen molar-refractivity contribution in [1.82, 2.24) is 4.98 Å². The minimum Gasteiger partial charge on any atom is -0.453 e. The maximum Gasteiger partial charge on any atom is 0.151 e. The van der Waals surface area contributed by atoms with Gasteiger partial charge in [-0.1, -0.05) is 115 Å². The molecule has 0 amide bonds. The molecule has 1 aliphatic rings. The molecule has 0 spiro atoms. The Kier molecular flexibility index (Phi) is 6.12. The molecule has 238 valence electrons. The molecule has 3 heterocycles. The van der Waals surface area contributed by atoms with Crippen LogP contribution in [0.15, 0.2) is 170 Å². The molecule has 0 N–H and O–H groups in total. The van der Waals surface area contributed by atoms with Crippen LogP contribution in [0.4, 0.5) is 17.1 Å². The molecule has 0 saturated heterocycles. The second kappa shape index (κ2) is 11.0. The number of ether oxygens (including phenoxy) is 1. The van der Waals surface area contributed by atoms with Crippen LogP contribution in [0.25, 0.3) is 75.0 Å². The number of thiophene rings is 1. The van der Waals surface area contributed by atoms with E-state index in [0.29, 0.717) is 0 Å². The summed E-state index contributed by atoms with van der Waals surface area (Å²) in [6.45, 7) is 0. The number of pyridine rings is 1. The molecule has 2 aromatic heterocycles. The van der Waals surface area contributed by atoms with Gasteiger partial charge in [-0.15, -0.1) is 11.3 Å². The van der Waals surface area contributed by atoms with Crippen molar-refractivity contribution in [2.45, 2.75) is 0 Å². The Morgan fingerprint density at radius 2 is 1.12 bits per heavy atom. The van der Waals surface area contributed by atoms with E-state index in [4.69, 9.17) is 9.72 Å². The number of hydrogen-bond donors (Lipinski definition) is 0. The van der Waals surface area contributed by atoms with Crippen LogP contribution in [-0.2, 0) is 0 Å². The fourth-order valence-corrected chi connectivity index (χ4v) is 9.05. The van der Waals surface area contributed by atoms with Crippen molar-refractivity contribution in [3.8, 4) is 34.0 Å². The van der Waals surface area contributed by atoms with Gasteiger partial charge in [-0.2, -0.15) is 0 Å². The maximum atomic E-state index is 6.28. The first-order valence-electron chi connectivity index (χ1n) is 17.2. The van der Waals surface area contributed by atoms with Gasteiger partial charge in [0.2, 0.25) is 0 Å². The third kappa shape index (κ3) is 4.40. The molecular weight excluding hydrogens is 641 g/mol. The van der Waals surface area contributed by atoms with Gasteiger partial charge in [0, 0.05) is 42.4 Å². The normalized spacial score (nSPS) is 12.4. The molecule has 0 bridgehead atoms. The van der Waals surface area contributed by atoms with E-state index in [1.165, 1.54) is 47.1 Å². The van der Waals surface area contributed by atoms with Crippen LogP contribution in [0.5, 0.6) is 11.5 Å². The summed E-state index contributed by atoms with van der Waals surface area (Å²) in [4.78, 5) is 7.73. The minimum absolute atomic E-state index is 0.844. The predicted octanol–water partition coefficient (Wildman–Crippen LogP) is 13.8. The number of benzene rings is 8. The van der Waals surface area contributed by atoms with Crippen LogP contribution in [0.3, 0.4) is 0 Å². The van der Waals surface area contributed by atoms with E-state index in [0.717, 1.165) is 56.5 Å². The Labute approximate surface area is 298 Å². The summed E-state index contributed by atoms with van der Waals surface area (Å²) in [6, 6.07) is 60.6. The van der Waals surface area contributed by atoms with Gasteiger partial charge < -0.3 is 9.64 Å². The molecular formula is C47H28N2OS. The third-order valence-electron chi connectivity index (χ3n) is 10.2. The van der Waals surface area contributed by atoms with Crippen molar-refractivity contribution in [3.63, 3.8) is 0 Å². The minimum atomic E-state index is 0.844. The number of nitrogens with zero attached hydrogens (tertiary/aromatic N) is 2. The van der Waals surface area contributed by atoms with Crippen LogP contribution in [0.2, 0.25) is 0 Å². The first kappa shape index (κ1) is 28.4. The monoisotopic (exact) mass is 668 g/mol. The number of anilines is 3. The van der Waals surface area contributed by atoms with Gasteiger partial charge in [-0.05, 0) is 81.5 Å². The molecule has 0 atom stereocenters. The van der Waals surface area contributed by atoms with Crippen molar-refractivity contribution >= 4 is 80.9 Å². The smallest absolute Gasteiger partial charge is 0.151 e. The van der Waals surface area contributed by atoms with Crippen LogP contribution in [0.1, 0.15) is 0 Å². The second-order valence-corrected chi connectivity index (χ2v) is 14.2. The largest absolute Gasteiger partial charge is 0.453 e. The van der Waals surface area contributed by atoms with E-state index in [2.05, 4.69) is 150 Å². The Hall–Kier alpha value is -6.49. The van der Waals surface area contributed by atoms with Gasteiger partial charge >= 0.3 is 0 Å². The molecule has 4 heteroatoms. The molecule has 0 unspecified atom stereocenters. The average Bonchev–Trinajstić information content (AvgIpc) is 3.59. The number of hydrogen-bond acceptors (Lipinski definition) is 4. The van der Waals surface area contributed by atoms with E-state index in [1.54, 1.807) is 0 Å². The number of fused-ring (bicyclic) bond motifs is 10. The van der Waals surface area contributed by atoms with Crippen molar-refractivity contribution in [2.75, 3.05) is 4.90 Å². The fraction of sp³-hybridized carbons (Fsp3) is 0.